The highest BCUT2D eigenvalue weighted by molar-refractivity contribution is 6.05. The van der Waals surface area contributed by atoms with Gasteiger partial charge in [-0.05, 0) is 69.1 Å². The molecule has 0 aliphatic rings. The van der Waals surface area contributed by atoms with Crippen LogP contribution in [0.3, 0.4) is 0 Å². The molecule has 0 bridgehead atoms. The van der Waals surface area contributed by atoms with E-state index in [-0.39, 0.29) is 0 Å². The van der Waals surface area contributed by atoms with Gasteiger partial charge in [-0.15, -0.1) is 0 Å². The molecule has 24 heavy (non-hydrogen) atoms. The third-order valence-electron chi connectivity index (χ3n) is 4.42. The normalized spacial score (nSPS) is 11.1. The average molecular weight is 320 g/mol. The number of hydrogen-bond donors (Lipinski definition) is 4. The van der Waals surface area contributed by atoms with E-state index in [2.05, 4.69) is 26.0 Å². The highest BCUT2D eigenvalue weighted by Gasteiger charge is 2.10. The lowest BCUT2D eigenvalue weighted by Gasteiger charge is -2.12. The van der Waals surface area contributed by atoms with Crippen molar-refractivity contribution in [2.24, 2.45) is 0 Å². The number of benzene rings is 3. The number of hydrogen-bond acceptors (Lipinski definition) is 4. The van der Waals surface area contributed by atoms with Crippen molar-refractivity contribution < 1.29 is 0 Å². The van der Waals surface area contributed by atoms with E-state index < -0.39 is 0 Å². The largest absolute Gasteiger partial charge is 0.397 e. The number of fused-ring (bicyclic) bond motifs is 2. The van der Waals surface area contributed by atoms with Crippen LogP contribution in [0.2, 0.25) is 0 Å². The molecular weight excluding hydrogens is 296 g/mol. The summed E-state index contributed by atoms with van der Waals surface area (Å²) in [6.07, 6.45) is 6.22. The average Bonchev–Trinajstić information content (AvgIpc) is 2.54. The van der Waals surface area contributed by atoms with E-state index in [0.717, 1.165) is 44.8 Å². The lowest BCUT2D eigenvalue weighted by atomic mass is 9.95. The van der Waals surface area contributed by atoms with E-state index in [1.165, 1.54) is 0 Å². The molecule has 8 N–H and O–H groups in total. The Balaban J connectivity index is 2.74. The third kappa shape index (κ3) is 2.40. The Hall–Kier alpha value is -2.88. The molecule has 0 spiro atoms. The molecule has 0 radical (unpaired) electrons. The molecular formula is C20H24N4. The van der Waals surface area contributed by atoms with E-state index in [1.54, 1.807) is 0 Å². The van der Waals surface area contributed by atoms with E-state index in [9.17, 15) is 0 Å². The van der Waals surface area contributed by atoms with Crippen LogP contribution in [-0.2, 0) is 0 Å². The van der Waals surface area contributed by atoms with E-state index in [1.807, 2.05) is 24.3 Å². The first-order valence-corrected chi connectivity index (χ1v) is 8.27. The van der Waals surface area contributed by atoms with Gasteiger partial charge in [0.05, 0.1) is 22.7 Å². The summed E-state index contributed by atoms with van der Waals surface area (Å²) in [5.41, 5.74) is 26.7. The van der Waals surface area contributed by atoms with Crippen LogP contribution in [-0.4, -0.2) is 0 Å². The fourth-order valence-electron chi connectivity index (χ4n) is 3.30. The molecule has 0 atom stereocenters. The fourth-order valence-corrected chi connectivity index (χ4v) is 3.30. The second-order valence-electron chi connectivity index (χ2n) is 6.11. The Morgan fingerprint density at radius 3 is 1.04 bits per heavy atom. The first-order valence-electron chi connectivity index (χ1n) is 8.27. The van der Waals surface area contributed by atoms with Crippen molar-refractivity contribution >= 4 is 56.4 Å². The molecule has 0 amide bonds. The van der Waals surface area contributed by atoms with Gasteiger partial charge in [0.1, 0.15) is 0 Å². The van der Waals surface area contributed by atoms with Crippen LogP contribution in [0.4, 0.5) is 22.7 Å². The summed E-state index contributed by atoms with van der Waals surface area (Å²) in [5, 5.41) is 6.66. The lowest BCUT2D eigenvalue weighted by molar-refractivity contribution is 1.29. The Bertz CT molecular complexity index is 904. The van der Waals surface area contributed by atoms with Crippen molar-refractivity contribution in [3.8, 4) is 0 Å². The molecule has 124 valence electrons. The first kappa shape index (κ1) is 16.0. The van der Waals surface area contributed by atoms with Gasteiger partial charge in [-0.25, -0.2) is 0 Å². The number of nitrogens with two attached hydrogens (primary N) is 4. The third-order valence-corrected chi connectivity index (χ3v) is 4.42. The van der Waals surface area contributed by atoms with Crippen molar-refractivity contribution in [3.63, 3.8) is 0 Å². The van der Waals surface area contributed by atoms with Gasteiger partial charge in [0.25, 0.3) is 0 Å². The maximum atomic E-state index is 6.08. The maximum Gasteiger partial charge on any atom is 0.0554 e. The molecule has 3 rings (SSSR count). The monoisotopic (exact) mass is 320 g/mol. The zero-order chi connectivity index (χ0) is 17.4. The summed E-state index contributed by atoms with van der Waals surface area (Å²) in [6, 6.07) is 7.85. The Morgan fingerprint density at radius 2 is 0.833 bits per heavy atom. The highest BCUT2D eigenvalue weighted by atomic mass is 14.7. The quantitative estimate of drug-likeness (QED) is 0.430. The summed E-state index contributed by atoms with van der Waals surface area (Å²) in [6.45, 7) is 4.23. The highest BCUT2D eigenvalue weighted by Crippen LogP contribution is 2.25. The van der Waals surface area contributed by atoms with Crippen molar-refractivity contribution in [2.75, 3.05) is 22.9 Å². The fraction of sp³-hybridized carbons (Fsp3) is 0.200. The van der Waals surface area contributed by atoms with Crippen molar-refractivity contribution in [3.05, 3.63) is 34.7 Å². The summed E-state index contributed by atoms with van der Waals surface area (Å²) >= 11 is 0. The summed E-state index contributed by atoms with van der Waals surface area (Å²) in [7, 11) is 0. The minimum Gasteiger partial charge on any atom is -0.397 e. The van der Waals surface area contributed by atoms with Gasteiger partial charge in [0.2, 0.25) is 0 Å². The van der Waals surface area contributed by atoms with E-state index >= 15 is 0 Å². The molecule has 0 aliphatic carbocycles. The van der Waals surface area contributed by atoms with Crippen LogP contribution in [0.1, 0.15) is 26.7 Å². The van der Waals surface area contributed by atoms with Gasteiger partial charge < -0.3 is 22.9 Å². The molecule has 0 aromatic heterocycles. The minimum atomic E-state index is 0.596. The summed E-state index contributed by atoms with van der Waals surface area (Å²) < 4.78 is 0. The number of rotatable bonds is 2. The lowest BCUT2D eigenvalue weighted by Crippen LogP contribution is -2.16. The van der Waals surface area contributed by atoms with Gasteiger partial charge in [-0.1, -0.05) is 26.0 Å². The standard InChI is InChI=1S/C20H24N4/c1-3-5-11-13-7-17(21)19(23)9-15(13)12(6-4-2)16-10-20(24)18(22)8-14(11)16/h5-10H,3-4,21-24H2,1-2H3. The Labute approximate surface area is 141 Å². The van der Waals surface area contributed by atoms with Gasteiger partial charge in [-0.3, -0.25) is 0 Å². The Morgan fingerprint density at radius 1 is 0.583 bits per heavy atom. The summed E-state index contributed by atoms with van der Waals surface area (Å²) in [4.78, 5) is 0. The van der Waals surface area contributed by atoms with Crippen LogP contribution in [0.5, 0.6) is 0 Å². The van der Waals surface area contributed by atoms with Gasteiger partial charge in [-0.2, -0.15) is 0 Å². The van der Waals surface area contributed by atoms with Crippen molar-refractivity contribution in [2.45, 2.75) is 26.7 Å². The van der Waals surface area contributed by atoms with Crippen molar-refractivity contribution in [1.29, 1.82) is 0 Å². The molecule has 0 aliphatic heterocycles. The zero-order valence-corrected chi connectivity index (χ0v) is 14.2. The first-order chi connectivity index (χ1) is 11.5. The smallest absolute Gasteiger partial charge is 0.0554 e. The van der Waals surface area contributed by atoms with Crippen LogP contribution in [0, 0.1) is 0 Å². The number of anilines is 4. The molecule has 4 nitrogen and oxygen atoms in total. The summed E-state index contributed by atoms with van der Waals surface area (Å²) in [5.74, 6) is 0. The molecule has 0 fully saturated rings. The van der Waals surface area contributed by atoms with Gasteiger partial charge in [0, 0.05) is 0 Å². The van der Waals surface area contributed by atoms with Gasteiger partial charge in [0.15, 0.2) is 0 Å². The maximum absolute atomic E-state index is 6.08. The molecule has 3 aromatic carbocycles. The molecule has 0 saturated carbocycles. The van der Waals surface area contributed by atoms with Gasteiger partial charge >= 0.3 is 0 Å². The number of nitrogen functional groups attached to an aromatic ring is 4. The van der Waals surface area contributed by atoms with Crippen LogP contribution >= 0.6 is 0 Å². The predicted octanol–water partition coefficient (Wildman–Crippen LogP) is 2.70. The zero-order valence-electron chi connectivity index (χ0n) is 14.2. The molecule has 3 aromatic rings. The molecule has 0 saturated heterocycles. The predicted molar refractivity (Wildman–Crippen MR) is 108 cm³/mol. The molecule has 0 heterocycles. The van der Waals surface area contributed by atoms with E-state index in [4.69, 9.17) is 22.9 Å². The van der Waals surface area contributed by atoms with Crippen LogP contribution < -0.4 is 33.4 Å². The van der Waals surface area contributed by atoms with Crippen molar-refractivity contribution in [1.82, 2.24) is 0 Å². The molecule has 4 heteroatoms. The minimum absolute atomic E-state index is 0.596. The van der Waals surface area contributed by atoms with E-state index in [0.29, 0.717) is 22.7 Å². The topological polar surface area (TPSA) is 104 Å². The Kier molecular flexibility index (Phi) is 3.97. The molecule has 0 unspecified atom stereocenters. The van der Waals surface area contributed by atoms with Crippen LogP contribution in [0.25, 0.3) is 33.7 Å². The van der Waals surface area contributed by atoms with Crippen LogP contribution in [0.15, 0.2) is 24.3 Å². The second-order valence-corrected chi connectivity index (χ2v) is 6.11. The second kappa shape index (κ2) is 5.96. The SMILES string of the molecule is CCC=c1c2cc(N)c(N)cc2c(=CCC)c2cc(N)c(N)cc12.